The smallest absolute Gasteiger partial charge is 0.114 e. The number of nitrogens with one attached hydrogen (secondary N) is 1. The fraction of sp³-hybridized carbons (Fsp3) is 0.692. The van der Waals surface area contributed by atoms with Crippen LogP contribution >= 0.6 is 0 Å². The number of anilines is 1. The number of hydrogen-bond donors (Lipinski definition) is 1. The SMILES string of the molecule is CC(C)(C)OC[C@@H]1CNCCN1c1ccoc1. The summed E-state index contributed by atoms with van der Waals surface area (Å²) >= 11 is 0. The van der Waals surface area contributed by atoms with Crippen molar-refractivity contribution < 1.29 is 9.15 Å². The van der Waals surface area contributed by atoms with Crippen molar-refractivity contribution in [3.05, 3.63) is 18.6 Å². The molecule has 4 nitrogen and oxygen atoms in total. The molecule has 1 aromatic rings. The van der Waals surface area contributed by atoms with Crippen molar-refractivity contribution in [1.29, 1.82) is 0 Å². The number of hydrogen-bond acceptors (Lipinski definition) is 4. The molecule has 0 bridgehead atoms. The monoisotopic (exact) mass is 238 g/mol. The maximum absolute atomic E-state index is 5.88. The summed E-state index contributed by atoms with van der Waals surface area (Å²) in [5.41, 5.74) is 1.06. The van der Waals surface area contributed by atoms with Crippen LogP contribution in [0.3, 0.4) is 0 Å². The molecule has 0 aliphatic carbocycles. The summed E-state index contributed by atoms with van der Waals surface area (Å²) in [6.45, 7) is 9.97. The molecular weight excluding hydrogens is 216 g/mol. The molecule has 17 heavy (non-hydrogen) atoms. The molecule has 2 rings (SSSR count). The van der Waals surface area contributed by atoms with Gasteiger partial charge in [0.25, 0.3) is 0 Å². The Hall–Kier alpha value is -1.00. The molecule has 0 unspecified atom stereocenters. The van der Waals surface area contributed by atoms with E-state index >= 15 is 0 Å². The van der Waals surface area contributed by atoms with E-state index in [2.05, 4.69) is 31.0 Å². The summed E-state index contributed by atoms with van der Waals surface area (Å²) < 4.78 is 11.0. The van der Waals surface area contributed by atoms with Gasteiger partial charge in [-0.3, -0.25) is 0 Å². The Morgan fingerprint density at radius 2 is 2.35 bits per heavy atom. The third kappa shape index (κ3) is 3.48. The Labute approximate surface area is 103 Å². The third-order valence-corrected chi connectivity index (χ3v) is 2.90. The van der Waals surface area contributed by atoms with Crippen molar-refractivity contribution in [2.75, 3.05) is 31.1 Å². The second kappa shape index (κ2) is 5.10. The van der Waals surface area contributed by atoms with Crippen molar-refractivity contribution in [3.8, 4) is 0 Å². The zero-order chi connectivity index (χ0) is 12.3. The summed E-state index contributed by atoms with van der Waals surface area (Å²) in [7, 11) is 0. The number of ether oxygens (including phenoxy) is 1. The number of piperazine rings is 1. The van der Waals surface area contributed by atoms with Crippen LogP contribution in [0.15, 0.2) is 23.0 Å². The zero-order valence-corrected chi connectivity index (χ0v) is 10.9. The van der Waals surface area contributed by atoms with E-state index in [0.717, 1.165) is 31.9 Å². The molecular formula is C13H22N2O2. The molecule has 4 heteroatoms. The summed E-state index contributed by atoms with van der Waals surface area (Å²) in [5.74, 6) is 0. The first-order chi connectivity index (χ1) is 8.06. The lowest BCUT2D eigenvalue weighted by Crippen LogP contribution is -2.54. The Kier molecular flexibility index (Phi) is 3.74. The second-order valence-electron chi connectivity index (χ2n) is 5.46. The molecule has 0 amide bonds. The van der Waals surface area contributed by atoms with Gasteiger partial charge in [-0.15, -0.1) is 0 Å². The third-order valence-electron chi connectivity index (χ3n) is 2.90. The van der Waals surface area contributed by atoms with Gasteiger partial charge in [-0.1, -0.05) is 0 Å². The van der Waals surface area contributed by atoms with Crippen molar-refractivity contribution >= 4 is 5.69 Å². The molecule has 1 N–H and O–H groups in total. The lowest BCUT2D eigenvalue weighted by Gasteiger charge is -2.38. The van der Waals surface area contributed by atoms with Crippen LogP contribution < -0.4 is 10.2 Å². The highest BCUT2D eigenvalue weighted by atomic mass is 16.5. The highest BCUT2D eigenvalue weighted by Gasteiger charge is 2.25. The van der Waals surface area contributed by atoms with E-state index in [0.29, 0.717) is 6.04 Å². The Balaban J connectivity index is 1.98. The van der Waals surface area contributed by atoms with Crippen molar-refractivity contribution in [1.82, 2.24) is 5.32 Å². The summed E-state index contributed by atoms with van der Waals surface area (Å²) in [5, 5.41) is 3.41. The van der Waals surface area contributed by atoms with Gasteiger partial charge in [0.05, 0.1) is 30.2 Å². The maximum atomic E-state index is 5.88. The molecule has 0 aromatic carbocycles. The highest BCUT2D eigenvalue weighted by molar-refractivity contribution is 5.44. The second-order valence-corrected chi connectivity index (χ2v) is 5.46. The zero-order valence-electron chi connectivity index (χ0n) is 10.9. The van der Waals surface area contributed by atoms with Gasteiger partial charge in [-0.05, 0) is 26.8 Å². The van der Waals surface area contributed by atoms with Gasteiger partial charge in [-0.2, -0.15) is 0 Å². The molecule has 1 aromatic heterocycles. The first-order valence-corrected chi connectivity index (χ1v) is 6.20. The Morgan fingerprint density at radius 1 is 1.53 bits per heavy atom. The van der Waals surface area contributed by atoms with Crippen LogP contribution in [-0.2, 0) is 4.74 Å². The molecule has 1 aliphatic heterocycles. The van der Waals surface area contributed by atoms with Crippen LogP contribution in [0.1, 0.15) is 20.8 Å². The Bertz CT molecular complexity index is 330. The van der Waals surface area contributed by atoms with Crippen molar-refractivity contribution in [2.24, 2.45) is 0 Å². The fourth-order valence-corrected chi connectivity index (χ4v) is 2.02. The minimum absolute atomic E-state index is 0.0838. The normalized spacial score (nSPS) is 21.8. The van der Waals surface area contributed by atoms with Gasteiger partial charge in [0.15, 0.2) is 0 Å². The number of furan rings is 1. The first kappa shape index (κ1) is 12.5. The molecule has 1 saturated heterocycles. The molecule has 1 atom stereocenters. The summed E-state index contributed by atoms with van der Waals surface area (Å²) in [6, 6.07) is 2.38. The van der Waals surface area contributed by atoms with Crippen LogP contribution in [0, 0.1) is 0 Å². The van der Waals surface area contributed by atoms with E-state index in [4.69, 9.17) is 9.15 Å². The van der Waals surface area contributed by atoms with Crippen LogP contribution in [0.4, 0.5) is 5.69 Å². The van der Waals surface area contributed by atoms with Crippen LogP contribution in [0.2, 0.25) is 0 Å². The van der Waals surface area contributed by atoms with E-state index < -0.39 is 0 Å². The van der Waals surface area contributed by atoms with E-state index in [9.17, 15) is 0 Å². The van der Waals surface area contributed by atoms with E-state index in [-0.39, 0.29) is 5.60 Å². The fourth-order valence-electron chi connectivity index (χ4n) is 2.02. The predicted octanol–water partition coefficient (Wildman–Crippen LogP) is 1.87. The molecule has 1 fully saturated rings. The lowest BCUT2D eigenvalue weighted by molar-refractivity contribution is -0.0118. The van der Waals surface area contributed by atoms with E-state index in [1.807, 2.05) is 6.07 Å². The van der Waals surface area contributed by atoms with Gasteiger partial charge in [0.2, 0.25) is 0 Å². The average Bonchev–Trinajstić information content (AvgIpc) is 2.79. The quantitative estimate of drug-likeness (QED) is 0.872. The van der Waals surface area contributed by atoms with Crippen LogP contribution in [0.5, 0.6) is 0 Å². The number of nitrogens with zero attached hydrogens (tertiary/aromatic N) is 1. The maximum Gasteiger partial charge on any atom is 0.114 e. The predicted molar refractivity (Wildman–Crippen MR) is 68.4 cm³/mol. The van der Waals surface area contributed by atoms with Gasteiger partial charge >= 0.3 is 0 Å². The lowest BCUT2D eigenvalue weighted by atomic mass is 10.1. The van der Waals surface area contributed by atoms with Crippen molar-refractivity contribution in [3.63, 3.8) is 0 Å². The van der Waals surface area contributed by atoms with Gasteiger partial charge in [0, 0.05) is 19.6 Å². The van der Waals surface area contributed by atoms with E-state index in [1.165, 1.54) is 0 Å². The highest BCUT2D eigenvalue weighted by Crippen LogP contribution is 2.20. The molecule has 1 aliphatic rings. The average molecular weight is 238 g/mol. The van der Waals surface area contributed by atoms with Gasteiger partial charge < -0.3 is 19.4 Å². The Morgan fingerprint density at radius 3 is 3.00 bits per heavy atom. The van der Waals surface area contributed by atoms with Gasteiger partial charge in [0.1, 0.15) is 6.26 Å². The summed E-state index contributed by atoms with van der Waals surface area (Å²) in [6.07, 6.45) is 3.52. The largest absolute Gasteiger partial charge is 0.470 e. The number of rotatable bonds is 3. The standard InChI is InChI=1S/C13H22N2O2/c1-13(2,3)17-10-12-8-14-5-6-15(12)11-4-7-16-9-11/h4,7,9,12,14H,5-6,8,10H2,1-3H3/t12-/m0/s1. The minimum Gasteiger partial charge on any atom is -0.470 e. The van der Waals surface area contributed by atoms with Gasteiger partial charge in [-0.25, -0.2) is 0 Å². The molecule has 96 valence electrons. The molecule has 2 heterocycles. The van der Waals surface area contributed by atoms with Crippen LogP contribution in [0.25, 0.3) is 0 Å². The topological polar surface area (TPSA) is 37.6 Å². The summed E-state index contributed by atoms with van der Waals surface area (Å²) in [4.78, 5) is 2.35. The molecule has 0 radical (unpaired) electrons. The van der Waals surface area contributed by atoms with E-state index in [1.54, 1.807) is 12.5 Å². The minimum atomic E-state index is -0.0838. The molecule has 0 saturated carbocycles. The van der Waals surface area contributed by atoms with Crippen LogP contribution in [-0.4, -0.2) is 37.9 Å². The molecule has 0 spiro atoms. The first-order valence-electron chi connectivity index (χ1n) is 6.20. The van der Waals surface area contributed by atoms with Crippen molar-refractivity contribution in [2.45, 2.75) is 32.4 Å².